The van der Waals surface area contributed by atoms with E-state index in [9.17, 15) is 9.90 Å². The van der Waals surface area contributed by atoms with Gasteiger partial charge >= 0.3 is 0 Å². The second kappa shape index (κ2) is 8.50. The number of ether oxygens (including phenoxy) is 3. The fourth-order valence-corrected chi connectivity index (χ4v) is 2.34. The first-order valence-corrected chi connectivity index (χ1v) is 7.70. The van der Waals surface area contributed by atoms with Gasteiger partial charge in [0.15, 0.2) is 17.3 Å². The highest BCUT2D eigenvalue weighted by Gasteiger charge is 2.27. The molecule has 1 aromatic carbocycles. The number of carbonyl (C=O) groups excluding carboxylic acids is 1. The lowest BCUT2D eigenvalue weighted by Gasteiger charge is -2.10. The third kappa shape index (κ3) is 4.09. The molecule has 0 saturated carbocycles. The summed E-state index contributed by atoms with van der Waals surface area (Å²) in [4.78, 5) is 12.5. The van der Waals surface area contributed by atoms with Crippen molar-refractivity contribution in [3.63, 3.8) is 0 Å². The number of aliphatic hydroxyl groups is 1. The van der Waals surface area contributed by atoms with E-state index in [1.165, 1.54) is 21.1 Å². The first-order chi connectivity index (χ1) is 12.0. The SMILES string of the molecule is COCCNC(=O)c1c(-c2ccc(OC)c(OC)c2)noc1[C@H](C)O. The molecule has 136 valence electrons. The average Bonchev–Trinajstić information content (AvgIpc) is 3.06. The average molecular weight is 350 g/mol. The van der Waals surface area contributed by atoms with Crippen molar-refractivity contribution in [2.75, 3.05) is 34.5 Å². The molecule has 1 atom stereocenters. The minimum Gasteiger partial charge on any atom is -0.493 e. The van der Waals surface area contributed by atoms with Crippen molar-refractivity contribution in [2.24, 2.45) is 0 Å². The van der Waals surface area contributed by atoms with Crippen molar-refractivity contribution in [3.05, 3.63) is 29.5 Å². The van der Waals surface area contributed by atoms with Crippen LogP contribution >= 0.6 is 0 Å². The molecule has 1 aromatic heterocycles. The summed E-state index contributed by atoms with van der Waals surface area (Å²) in [5, 5.41) is 16.6. The van der Waals surface area contributed by atoms with Crippen LogP contribution in [-0.4, -0.2) is 50.7 Å². The van der Waals surface area contributed by atoms with Gasteiger partial charge in [0.25, 0.3) is 5.91 Å². The number of nitrogens with zero attached hydrogens (tertiary/aromatic N) is 1. The molecule has 0 spiro atoms. The Morgan fingerprint density at radius 1 is 1.28 bits per heavy atom. The van der Waals surface area contributed by atoms with Gasteiger partial charge in [0.1, 0.15) is 17.4 Å². The molecule has 0 unspecified atom stereocenters. The normalized spacial score (nSPS) is 11.9. The summed E-state index contributed by atoms with van der Waals surface area (Å²) >= 11 is 0. The standard InChI is InChI=1S/C17H22N2O6/c1-10(20)16-14(17(21)18-7-8-22-2)15(19-25-16)11-5-6-12(23-3)13(9-11)24-4/h5-6,9-10,20H,7-8H2,1-4H3,(H,18,21)/t10-/m0/s1. The van der Waals surface area contributed by atoms with E-state index in [-0.39, 0.29) is 11.3 Å². The summed E-state index contributed by atoms with van der Waals surface area (Å²) in [6, 6.07) is 5.13. The third-order valence-electron chi connectivity index (χ3n) is 3.57. The number of aliphatic hydroxyl groups excluding tert-OH is 1. The van der Waals surface area contributed by atoms with Crippen LogP contribution in [0.1, 0.15) is 29.1 Å². The van der Waals surface area contributed by atoms with Crippen LogP contribution < -0.4 is 14.8 Å². The van der Waals surface area contributed by atoms with Crippen molar-refractivity contribution in [1.29, 1.82) is 0 Å². The maximum absolute atomic E-state index is 12.5. The fraction of sp³-hybridized carbons (Fsp3) is 0.412. The summed E-state index contributed by atoms with van der Waals surface area (Å²) in [6.07, 6.45) is -0.982. The van der Waals surface area contributed by atoms with Crippen LogP contribution in [0.3, 0.4) is 0 Å². The zero-order chi connectivity index (χ0) is 18.4. The summed E-state index contributed by atoms with van der Waals surface area (Å²) in [5.74, 6) is 0.739. The Balaban J connectivity index is 2.46. The maximum atomic E-state index is 12.5. The Labute approximate surface area is 145 Å². The Kier molecular flexibility index (Phi) is 6.37. The number of rotatable bonds is 8. The minimum atomic E-state index is -0.982. The largest absolute Gasteiger partial charge is 0.493 e. The number of methoxy groups -OCH3 is 3. The fourth-order valence-electron chi connectivity index (χ4n) is 2.34. The summed E-state index contributed by atoms with van der Waals surface area (Å²) in [7, 11) is 4.60. The van der Waals surface area contributed by atoms with Crippen LogP contribution in [0.15, 0.2) is 22.7 Å². The highest BCUT2D eigenvalue weighted by Crippen LogP contribution is 2.35. The second-order valence-electron chi connectivity index (χ2n) is 5.26. The van der Waals surface area contributed by atoms with Gasteiger partial charge in [-0.1, -0.05) is 5.16 Å². The van der Waals surface area contributed by atoms with Gasteiger partial charge in [0.05, 0.1) is 20.8 Å². The maximum Gasteiger partial charge on any atom is 0.257 e. The molecule has 1 amide bonds. The number of benzene rings is 1. The molecule has 8 heteroatoms. The molecule has 0 aliphatic rings. The lowest BCUT2D eigenvalue weighted by atomic mass is 10.0. The molecule has 2 aromatic rings. The number of amides is 1. The molecule has 0 radical (unpaired) electrons. The van der Waals surface area contributed by atoms with Crippen molar-refractivity contribution in [2.45, 2.75) is 13.0 Å². The molecule has 0 saturated heterocycles. The van der Waals surface area contributed by atoms with Crippen LogP contribution in [0.2, 0.25) is 0 Å². The van der Waals surface area contributed by atoms with Gasteiger partial charge in [-0.2, -0.15) is 0 Å². The molecule has 0 fully saturated rings. The van der Waals surface area contributed by atoms with Crippen LogP contribution in [0.5, 0.6) is 11.5 Å². The number of carbonyl (C=O) groups is 1. The Morgan fingerprint density at radius 2 is 2.00 bits per heavy atom. The summed E-state index contributed by atoms with van der Waals surface area (Å²) < 4.78 is 20.6. The van der Waals surface area contributed by atoms with E-state index in [4.69, 9.17) is 18.7 Å². The third-order valence-corrected chi connectivity index (χ3v) is 3.57. The highest BCUT2D eigenvalue weighted by atomic mass is 16.5. The highest BCUT2D eigenvalue weighted by molar-refractivity contribution is 6.01. The molecular weight excluding hydrogens is 328 g/mol. The van der Waals surface area contributed by atoms with E-state index < -0.39 is 12.0 Å². The lowest BCUT2D eigenvalue weighted by Crippen LogP contribution is -2.28. The molecule has 2 N–H and O–H groups in total. The first kappa shape index (κ1) is 18.8. The molecule has 25 heavy (non-hydrogen) atoms. The van der Waals surface area contributed by atoms with E-state index in [1.54, 1.807) is 25.3 Å². The van der Waals surface area contributed by atoms with Crippen LogP contribution in [0, 0.1) is 0 Å². The van der Waals surface area contributed by atoms with E-state index in [1.807, 2.05) is 0 Å². The van der Waals surface area contributed by atoms with Crippen LogP contribution in [-0.2, 0) is 4.74 Å². The van der Waals surface area contributed by atoms with Gasteiger partial charge < -0.3 is 29.2 Å². The van der Waals surface area contributed by atoms with Crippen molar-refractivity contribution < 1.29 is 28.6 Å². The molecule has 2 rings (SSSR count). The molecular formula is C17H22N2O6. The number of hydrogen-bond donors (Lipinski definition) is 2. The molecule has 0 aliphatic carbocycles. The topological polar surface area (TPSA) is 103 Å². The monoisotopic (exact) mass is 350 g/mol. The first-order valence-electron chi connectivity index (χ1n) is 7.70. The number of hydrogen-bond acceptors (Lipinski definition) is 7. The van der Waals surface area contributed by atoms with E-state index in [0.29, 0.717) is 35.9 Å². The smallest absolute Gasteiger partial charge is 0.257 e. The molecule has 0 aliphatic heterocycles. The van der Waals surface area contributed by atoms with E-state index >= 15 is 0 Å². The van der Waals surface area contributed by atoms with Crippen molar-refractivity contribution in [3.8, 4) is 22.8 Å². The molecule has 0 bridgehead atoms. The zero-order valence-corrected chi connectivity index (χ0v) is 14.7. The second-order valence-corrected chi connectivity index (χ2v) is 5.26. The Hall–Kier alpha value is -2.58. The minimum absolute atomic E-state index is 0.0969. The van der Waals surface area contributed by atoms with Crippen molar-refractivity contribution in [1.82, 2.24) is 10.5 Å². The lowest BCUT2D eigenvalue weighted by molar-refractivity contribution is 0.0924. The van der Waals surface area contributed by atoms with Crippen LogP contribution in [0.4, 0.5) is 0 Å². The van der Waals surface area contributed by atoms with Gasteiger partial charge in [0.2, 0.25) is 0 Å². The van der Waals surface area contributed by atoms with Gasteiger partial charge in [-0.05, 0) is 25.1 Å². The molecule has 8 nitrogen and oxygen atoms in total. The van der Waals surface area contributed by atoms with Gasteiger partial charge in [-0.15, -0.1) is 0 Å². The number of nitrogens with one attached hydrogen (secondary N) is 1. The zero-order valence-electron chi connectivity index (χ0n) is 14.7. The summed E-state index contributed by atoms with van der Waals surface area (Å²) in [6.45, 7) is 2.20. The van der Waals surface area contributed by atoms with Gasteiger partial charge in [-0.25, -0.2) is 0 Å². The quantitative estimate of drug-likeness (QED) is 0.700. The Morgan fingerprint density at radius 3 is 2.60 bits per heavy atom. The molecule has 1 heterocycles. The summed E-state index contributed by atoms with van der Waals surface area (Å²) in [5.41, 5.74) is 1.09. The predicted octanol–water partition coefficient (Wildman–Crippen LogP) is 1.79. The van der Waals surface area contributed by atoms with Crippen molar-refractivity contribution >= 4 is 5.91 Å². The Bertz CT molecular complexity index is 726. The van der Waals surface area contributed by atoms with Gasteiger partial charge in [-0.3, -0.25) is 4.79 Å². The van der Waals surface area contributed by atoms with Gasteiger partial charge in [0, 0.05) is 19.2 Å². The predicted molar refractivity (Wildman–Crippen MR) is 89.9 cm³/mol. The van der Waals surface area contributed by atoms with E-state index in [0.717, 1.165) is 0 Å². The van der Waals surface area contributed by atoms with E-state index in [2.05, 4.69) is 10.5 Å². The number of aromatic nitrogens is 1. The van der Waals surface area contributed by atoms with Crippen LogP contribution in [0.25, 0.3) is 11.3 Å².